The maximum atomic E-state index is 12.1. The zero-order valence-corrected chi connectivity index (χ0v) is 19.1. The highest BCUT2D eigenvalue weighted by Crippen LogP contribution is 2.25. The van der Waals surface area contributed by atoms with Crippen LogP contribution < -0.4 is 14.9 Å². The van der Waals surface area contributed by atoms with Crippen molar-refractivity contribution in [2.24, 2.45) is 5.10 Å². The van der Waals surface area contributed by atoms with Gasteiger partial charge in [-0.05, 0) is 63.2 Å². The molecule has 0 aliphatic heterocycles. The number of hydrazone groups is 1. The number of methoxy groups -OCH3 is 1. The van der Waals surface area contributed by atoms with E-state index in [2.05, 4.69) is 10.5 Å². The maximum absolute atomic E-state index is 12.1. The summed E-state index contributed by atoms with van der Waals surface area (Å²) in [5, 5.41) is 4.05. The van der Waals surface area contributed by atoms with Gasteiger partial charge in [0.1, 0.15) is 0 Å². The number of nitrogens with zero attached hydrogens (tertiary/aromatic N) is 2. The Hall–Kier alpha value is -4.07. The number of aryl methyl sites for hydroxylation is 1. The van der Waals surface area contributed by atoms with Crippen LogP contribution in [0.2, 0.25) is 0 Å². The Balaban J connectivity index is 1.63. The van der Waals surface area contributed by atoms with Crippen molar-refractivity contribution in [3.05, 3.63) is 77.1 Å². The zero-order chi connectivity index (χ0) is 23.8. The van der Waals surface area contributed by atoms with Crippen molar-refractivity contribution in [2.75, 3.05) is 20.3 Å². The summed E-state index contributed by atoms with van der Waals surface area (Å²) in [6.45, 7) is 5.85. The van der Waals surface area contributed by atoms with Gasteiger partial charge in [0.15, 0.2) is 18.1 Å². The number of ether oxygens (including phenoxy) is 3. The molecule has 2 aromatic carbocycles. The lowest BCUT2D eigenvalue weighted by Gasteiger charge is -2.10. The third kappa shape index (κ3) is 5.79. The van der Waals surface area contributed by atoms with Gasteiger partial charge < -0.3 is 18.8 Å². The number of nitrogens with one attached hydrogen (secondary N) is 1. The van der Waals surface area contributed by atoms with Crippen LogP contribution in [0, 0.1) is 13.8 Å². The molecular weight excluding hydrogens is 422 g/mol. The molecule has 0 atom stereocenters. The fourth-order valence-corrected chi connectivity index (χ4v) is 3.36. The summed E-state index contributed by atoms with van der Waals surface area (Å²) in [4.78, 5) is 24.0. The molecular formula is C25H27N3O5. The quantitative estimate of drug-likeness (QED) is 0.305. The van der Waals surface area contributed by atoms with Gasteiger partial charge in [-0.3, -0.25) is 4.79 Å². The minimum atomic E-state index is -0.388. The highest BCUT2D eigenvalue weighted by atomic mass is 16.5. The van der Waals surface area contributed by atoms with Gasteiger partial charge >= 0.3 is 5.97 Å². The molecule has 0 saturated heterocycles. The number of hydrogen-bond acceptors (Lipinski definition) is 6. The predicted molar refractivity (Wildman–Crippen MR) is 125 cm³/mol. The highest BCUT2D eigenvalue weighted by molar-refractivity contribution is 5.89. The number of benzene rings is 2. The second kappa shape index (κ2) is 11.0. The number of carbonyl (C=O) groups excluding carboxylic acids is 2. The first kappa shape index (κ1) is 23.6. The molecule has 1 N–H and O–H groups in total. The van der Waals surface area contributed by atoms with E-state index in [0.717, 1.165) is 22.6 Å². The molecule has 0 spiro atoms. The van der Waals surface area contributed by atoms with Gasteiger partial charge in [-0.15, -0.1) is 0 Å². The Kier molecular flexibility index (Phi) is 7.86. The summed E-state index contributed by atoms with van der Waals surface area (Å²) in [5.41, 5.74) is 6.67. The Labute approximate surface area is 192 Å². The van der Waals surface area contributed by atoms with Crippen molar-refractivity contribution in [3.8, 4) is 17.2 Å². The van der Waals surface area contributed by atoms with Crippen LogP contribution >= 0.6 is 0 Å². The Bertz CT molecular complexity index is 1150. The van der Waals surface area contributed by atoms with Crippen LogP contribution in [0.15, 0.2) is 59.7 Å². The number of aromatic nitrogens is 1. The van der Waals surface area contributed by atoms with Gasteiger partial charge in [-0.25, -0.2) is 10.2 Å². The Morgan fingerprint density at radius 3 is 2.42 bits per heavy atom. The van der Waals surface area contributed by atoms with E-state index >= 15 is 0 Å². The molecule has 0 radical (unpaired) electrons. The molecule has 0 saturated carbocycles. The van der Waals surface area contributed by atoms with E-state index in [1.807, 2.05) is 42.7 Å². The van der Waals surface area contributed by atoms with Crippen molar-refractivity contribution < 1.29 is 23.8 Å². The summed E-state index contributed by atoms with van der Waals surface area (Å²) in [6.07, 6.45) is 1.59. The first-order valence-corrected chi connectivity index (χ1v) is 10.5. The minimum absolute atomic E-state index is 0.191. The van der Waals surface area contributed by atoms with E-state index in [1.165, 1.54) is 7.11 Å². The monoisotopic (exact) mass is 449 g/mol. The van der Waals surface area contributed by atoms with Crippen molar-refractivity contribution in [1.82, 2.24) is 9.99 Å². The highest BCUT2D eigenvalue weighted by Gasteiger charge is 2.12. The molecule has 3 rings (SSSR count). The second-order valence-electron chi connectivity index (χ2n) is 7.16. The van der Waals surface area contributed by atoms with E-state index in [4.69, 9.17) is 14.2 Å². The minimum Gasteiger partial charge on any atom is -0.493 e. The molecule has 1 heterocycles. The smallest absolute Gasteiger partial charge is 0.338 e. The maximum Gasteiger partial charge on any atom is 0.338 e. The number of esters is 1. The average Bonchev–Trinajstić information content (AvgIpc) is 3.11. The lowest BCUT2D eigenvalue weighted by Crippen LogP contribution is -2.24. The van der Waals surface area contributed by atoms with Gasteiger partial charge in [0.25, 0.3) is 5.91 Å². The van der Waals surface area contributed by atoms with E-state index in [9.17, 15) is 9.59 Å². The number of rotatable bonds is 9. The second-order valence-corrected chi connectivity index (χ2v) is 7.16. The molecule has 172 valence electrons. The standard InChI is InChI=1S/C25H27N3O5/c1-5-32-25(30)19-10-12-21(13-11-19)28-17(2)14-20(18(28)3)15-26-27-24(29)16-33-23-9-7-6-8-22(23)31-4/h6-15H,5,16H2,1-4H3,(H,27,29)/b26-15+. The van der Waals surface area contributed by atoms with Gasteiger partial charge in [0, 0.05) is 22.6 Å². The molecule has 8 nitrogen and oxygen atoms in total. The van der Waals surface area contributed by atoms with Crippen molar-refractivity contribution in [3.63, 3.8) is 0 Å². The fraction of sp³-hybridized carbons (Fsp3) is 0.240. The topological polar surface area (TPSA) is 91.2 Å². The average molecular weight is 450 g/mol. The van der Waals surface area contributed by atoms with Gasteiger partial charge in [-0.1, -0.05) is 12.1 Å². The van der Waals surface area contributed by atoms with E-state index in [0.29, 0.717) is 23.7 Å². The number of amides is 1. The largest absolute Gasteiger partial charge is 0.493 e. The van der Waals surface area contributed by atoms with Crippen LogP contribution in [0.5, 0.6) is 11.5 Å². The number of hydrogen-bond donors (Lipinski definition) is 1. The fourth-order valence-electron chi connectivity index (χ4n) is 3.36. The molecule has 1 amide bonds. The lowest BCUT2D eigenvalue weighted by atomic mass is 10.2. The van der Waals surface area contributed by atoms with Crippen LogP contribution in [0.4, 0.5) is 0 Å². The molecule has 8 heteroatoms. The van der Waals surface area contributed by atoms with E-state index in [-0.39, 0.29) is 18.5 Å². The summed E-state index contributed by atoms with van der Waals surface area (Å²) in [6, 6.07) is 16.3. The molecule has 0 bridgehead atoms. The normalized spacial score (nSPS) is 10.8. The summed E-state index contributed by atoms with van der Waals surface area (Å²) in [7, 11) is 1.54. The third-order valence-electron chi connectivity index (χ3n) is 4.93. The molecule has 3 aromatic rings. The Morgan fingerprint density at radius 1 is 1.06 bits per heavy atom. The van der Waals surface area contributed by atoms with E-state index < -0.39 is 0 Å². The lowest BCUT2D eigenvalue weighted by molar-refractivity contribution is -0.123. The zero-order valence-electron chi connectivity index (χ0n) is 19.1. The van der Waals surface area contributed by atoms with Crippen LogP contribution in [-0.2, 0) is 9.53 Å². The van der Waals surface area contributed by atoms with Crippen molar-refractivity contribution in [2.45, 2.75) is 20.8 Å². The van der Waals surface area contributed by atoms with Crippen LogP contribution in [0.25, 0.3) is 5.69 Å². The third-order valence-corrected chi connectivity index (χ3v) is 4.93. The number of para-hydroxylation sites is 2. The SMILES string of the molecule is CCOC(=O)c1ccc(-n2c(C)cc(/C=N/NC(=O)COc3ccccc3OC)c2C)cc1. The predicted octanol–water partition coefficient (Wildman–Crippen LogP) is 3.81. The molecule has 0 fully saturated rings. The summed E-state index contributed by atoms with van der Waals surface area (Å²) in [5.74, 6) is 0.303. The summed E-state index contributed by atoms with van der Waals surface area (Å²) < 4.78 is 17.8. The van der Waals surface area contributed by atoms with Crippen LogP contribution in [-0.4, -0.2) is 43.0 Å². The van der Waals surface area contributed by atoms with Gasteiger partial charge in [-0.2, -0.15) is 5.10 Å². The molecule has 0 aliphatic carbocycles. The molecule has 33 heavy (non-hydrogen) atoms. The van der Waals surface area contributed by atoms with Crippen LogP contribution in [0.1, 0.15) is 34.2 Å². The Morgan fingerprint density at radius 2 is 1.76 bits per heavy atom. The molecule has 0 aliphatic rings. The van der Waals surface area contributed by atoms with Gasteiger partial charge in [0.2, 0.25) is 0 Å². The number of carbonyl (C=O) groups is 2. The van der Waals surface area contributed by atoms with E-state index in [1.54, 1.807) is 43.5 Å². The molecule has 0 unspecified atom stereocenters. The first-order valence-electron chi connectivity index (χ1n) is 10.5. The molecule has 1 aromatic heterocycles. The van der Waals surface area contributed by atoms with Gasteiger partial charge in [0.05, 0.1) is 25.5 Å². The van der Waals surface area contributed by atoms with Crippen molar-refractivity contribution in [1.29, 1.82) is 0 Å². The first-order chi connectivity index (χ1) is 15.9. The summed E-state index contributed by atoms with van der Waals surface area (Å²) >= 11 is 0. The van der Waals surface area contributed by atoms with Crippen LogP contribution in [0.3, 0.4) is 0 Å². The van der Waals surface area contributed by atoms with Crippen molar-refractivity contribution >= 4 is 18.1 Å².